The predicted octanol–water partition coefficient (Wildman–Crippen LogP) is 5.27. The van der Waals surface area contributed by atoms with E-state index >= 15 is 0 Å². The van der Waals surface area contributed by atoms with Crippen LogP contribution in [0.5, 0.6) is 0 Å². The second kappa shape index (κ2) is 10.4. The summed E-state index contributed by atoms with van der Waals surface area (Å²) in [5.74, 6) is -0.472. The molecule has 1 N–H and O–H groups in total. The quantitative estimate of drug-likeness (QED) is 0.120. The summed E-state index contributed by atoms with van der Waals surface area (Å²) < 4.78 is 1.47. The van der Waals surface area contributed by atoms with Gasteiger partial charge in [0.2, 0.25) is 5.91 Å². The number of nitro groups is 1. The molecule has 0 aliphatic heterocycles. The lowest BCUT2D eigenvalue weighted by Gasteiger charge is -2.19. The number of hydrogen-bond donors (Lipinski definition) is 1. The Kier molecular flexibility index (Phi) is 7.07. The first-order chi connectivity index (χ1) is 16.9. The van der Waals surface area contributed by atoms with Gasteiger partial charge in [-0.3, -0.25) is 24.3 Å². The maximum atomic E-state index is 13.5. The number of anilines is 1. The lowest BCUT2D eigenvalue weighted by Crippen LogP contribution is -2.25. The van der Waals surface area contributed by atoms with Gasteiger partial charge in [-0.25, -0.2) is 4.98 Å². The number of aromatic nitrogens is 2. The number of nitrogens with one attached hydrogen (secondary N) is 1. The Balaban J connectivity index is 1.78. The first-order valence-corrected chi connectivity index (χ1v) is 11.6. The minimum absolute atomic E-state index is 0.0992. The SMILES string of the molecule is C=CCn1c(SC(C(=O)Nc2ccc(C)cc2[N+](=O)[O-])c2ccccc2)nc2ccccc2c1=O. The number of fused-ring (bicyclic) bond motifs is 1. The number of carbonyl (C=O) groups is 1. The van der Waals surface area contributed by atoms with E-state index in [0.717, 1.165) is 11.8 Å². The molecule has 1 aromatic heterocycles. The van der Waals surface area contributed by atoms with E-state index < -0.39 is 16.1 Å². The number of nitrogens with zero attached hydrogens (tertiary/aromatic N) is 3. The van der Waals surface area contributed by atoms with Crippen LogP contribution in [-0.2, 0) is 11.3 Å². The first-order valence-electron chi connectivity index (χ1n) is 10.8. The van der Waals surface area contributed by atoms with Gasteiger partial charge in [-0.15, -0.1) is 6.58 Å². The molecule has 3 aromatic carbocycles. The number of hydrogen-bond acceptors (Lipinski definition) is 6. The molecule has 4 aromatic rings. The summed E-state index contributed by atoms with van der Waals surface area (Å²) in [6.07, 6.45) is 1.59. The van der Waals surface area contributed by atoms with E-state index in [-0.39, 0.29) is 23.5 Å². The molecule has 35 heavy (non-hydrogen) atoms. The number of para-hydroxylation sites is 1. The molecule has 0 fully saturated rings. The fourth-order valence-electron chi connectivity index (χ4n) is 3.63. The van der Waals surface area contributed by atoms with Crippen LogP contribution < -0.4 is 10.9 Å². The van der Waals surface area contributed by atoms with E-state index in [1.54, 1.807) is 67.6 Å². The highest BCUT2D eigenvalue weighted by Crippen LogP contribution is 2.36. The normalized spacial score (nSPS) is 11.7. The number of aryl methyl sites for hydroxylation is 1. The summed E-state index contributed by atoms with van der Waals surface area (Å²) in [6.45, 7) is 5.70. The summed E-state index contributed by atoms with van der Waals surface area (Å²) in [4.78, 5) is 42.3. The highest BCUT2D eigenvalue weighted by atomic mass is 32.2. The zero-order valence-electron chi connectivity index (χ0n) is 18.9. The van der Waals surface area contributed by atoms with Crippen molar-refractivity contribution in [3.8, 4) is 0 Å². The lowest BCUT2D eigenvalue weighted by molar-refractivity contribution is -0.384. The number of nitro benzene ring substituents is 1. The second-order valence-corrected chi connectivity index (χ2v) is 8.86. The van der Waals surface area contributed by atoms with Gasteiger partial charge in [0.15, 0.2) is 5.16 Å². The molecule has 0 spiro atoms. The number of thioether (sulfide) groups is 1. The molecule has 176 valence electrons. The zero-order valence-corrected chi connectivity index (χ0v) is 19.7. The summed E-state index contributed by atoms with van der Waals surface area (Å²) in [6, 6.07) is 20.6. The number of amides is 1. The van der Waals surface area contributed by atoms with Crippen LogP contribution in [0.1, 0.15) is 16.4 Å². The van der Waals surface area contributed by atoms with Crippen molar-refractivity contribution >= 4 is 39.9 Å². The van der Waals surface area contributed by atoms with Crippen molar-refractivity contribution in [2.24, 2.45) is 0 Å². The molecule has 0 aliphatic carbocycles. The highest BCUT2D eigenvalue weighted by molar-refractivity contribution is 8.00. The third kappa shape index (κ3) is 5.15. The highest BCUT2D eigenvalue weighted by Gasteiger charge is 2.27. The fourth-order valence-corrected chi connectivity index (χ4v) is 4.74. The van der Waals surface area contributed by atoms with Crippen LogP contribution in [0.4, 0.5) is 11.4 Å². The molecule has 0 saturated heterocycles. The molecule has 0 radical (unpaired) electrons. The average Bonchev–Trinajstić information content (AvgIpc) is 2.86. The molecule has 0 saturated carbocycles. The average molecular weight is 487 g/mol. The van der Waals surface area contributed by atoms with E-state index in [0.29, 0.717) is 27.2 Å². The Labute approximate surface area is 205 Å². The molecule has 4 rings (SSSR count). The van der Waals surface area contributed by atoms with Gasteiger partial charge in [-0.1, -0.05) is 66.4 Å². The van der Waals surface area contributed by atoms with Crippen molar-refractivity contribution in [3.05, 3.63) is 117 Å². The number of rotatable bonds is 8. The van der Waals surface area contributed by atoms with Crippen LogP contribution in [0.25, 0.3) is 10.9 Å². The van der Waals surface area contributed by atoms with Crippen LogP contribution >= 0.6 is 11.8 Å². The van der Waals surface area contributed by atoms with Crippen LogP contribution in [-0.4, -0.2) is 20.4 Å². The van der Waals surface area contributed by atoms with Crippen LogP contribution in [0, 0.1) is 17.0 Å². The monoisotopic (exact) mass is 486 g/mol. The van der Waals surface area contributed by atoms with Crippen molar-refractivity contribution in [1.82, 2.24) is 9.55 Å². The van der Waals surface area contributed by atoms with Gasteiger partial charge in [0.25, 0.3) is 11.2 Å². The standard InChI is InChI=1S/C26H22N4O4S/c1-3-15-29-25(32)19-11-7-8-12-20(19)28-26(29)35-23(18-9-5-4-6-10-18)24(31)27-21-14-13-17(2)16-22(21)30(33)34/h3-14,16,23H,1,15H2,2H3,(H,27,31). The van der Waals surface area contributed by atoms with E-state index in [1.165, 1.54) is 16.7 Å². The summed E-state index contributed by atoms with van der Waals surface area (Å²) >= 11 is 1.10. The van der Waals surface area contributed by atoms with Crippen molar-refractivity contribution in [3.63, 3.8) is 0 Å². The smallest absolute Gasteiger partial charge is 0.293 e. The Hall–Kier alpha value is -4.24. The topological polar surface area (TPSA) is 107 Å². The van der Waals surface area contributed by atoms with Crippen molar-refractivity contribution in [2.45, 2.75) is 23.9 Å². The van der Waals surface area contributed by atoms with Gasteiger partial charge >= 0.3 is 0 Å². The molecule has 0 aliphatic rings. The van der Waals surface area contributed by atoms with E-state index in [2.05, 4.69) is 16.9 Å². The lowest BCUT2D eigenvalue weighted by atomic mass is 10.1. The van der Waals surface area contributed by atoms with Gasteiger partial charge in [0.1, 0.15) is 10.9 Å². The summed E-state index contributed by atoms with van der Waals surface area (Å²) in [5.41, 5.74) is 1.56. The Morgan fingerprint density at radius 3 is 2.60 bits per heavy atom. The Morgan fingerprint density at radius 1 is 1.17 bits per heavy atom. The summed E-state index contributed by atoms with van der Waals surface area (Å²) in [7, 11) is 0. The van der Waals surface area contributed by atoms with Gasteiger partial charge < -0.3 is 5.32 Å². The molecule has 9 heteroatoms. The van der Waals surface area contributed by atoms with Gasteiger partial charge in [0.05, 0.1) is 15.8 Å². The molecule has 0 bridgehead atoms. The third-order valence-corrected chi connectivity index (χ3v) is 6.55. The second-order valence-electron chi connectivity index (χ2n) is 7.79. The minimum atomic E-state index is -0.832. The predicted molar refractivity (Wildman–Crippen MR) is 138 cm³/mol. The van der Waals surface area contributed by atoms with Gasteiger partial charge in [-0.2, -0.15) is 0 Å². The minimum Gasteiger partial charge on any atom is -0.319 e. The van der Waals surface area contributed by atoms with Gasteiger partial charge in [0, 0.05) is 12.6 Å². The van der Waals surface area contributed by atoms with E-state index in [4.69, 9.17) is 0 Å². The maximum absolute atomic E-state index is 13.5. The fraction of sp³-hybridized carbons (Fsp3) is 0.115. The zero-order chi connectivity index (χ0) is 24.9. The van der Waals surface area contributed by atoms with Crippen LogP contribution in [0.15, 0.2) is 95.4 Å². The largest absolute Gasteiger partial charge is 0.319 e. The summed E-state index contributed by atoms with van der Waals surface area (Å²) in [5, 5.41) is 14.2. The first kappa shape index (κ1) is 23.9. The molecule has 1 unspecified atom stereocenters. The van der Waals surface area contributed by atoms with Crippen molar-refractivity contribution in [1.29, 1.82) is 0 Å². The number of benzene rings is 3. The van der Waals surface area contributed by atoms with Crippen LogP contribution in [0.3, 0.4) is 0 Å². The number of carbonyl (C=O) groups excluding carboxylic acids is 1. The molecular weight excluding hydrogens is 464 g/mol. The molecule has 1 heterocycles. The van der Waals surface area contributed by atoms with E-state index in [9.17, 15) is 19.7 Å². The molecule has 1 amide bonds. The van der Waals surface area contributed by atoms with E-state index in [1.807, 2.05) is 6.07 Å². The Morgan fingerprint density at radius 2 is 1.89 bits per heavy atom. The van der Waals surface area contributed by atoms with Crippen LogP contribution in [0.2, 0.25) is 0 Å². The molecule has 1 atom stereocenters. The Bertz CT molecular complexity index is 1480. The third-order valence-electron chi connectivity index (χ3n) is 5.31. The van der Waals surface area contributed by atoms with Crippen molar-refractivity contribution < 1.29 is 9.72 Å². The van der Waals surface area contributed by atoms with Crippen molar-refractivity contribution in [2.75, 3.05) is 5.32 Å². The van der Waals surface area contributed by atoms with Gasteiger partial charge in [-0.05, 0) is 36.2 Å². The molecule has 8 nitrogen and oxygen atoms in total. The molecular formula is C26H22N4O4S. The maximum Gasteiger partial charge on any atom is 0.293 e. The number of allylic oxidation sites excluding steroid dienone is 1.